The van der Waals surface area contributed by atoms with Crippen LogP contribution in [0.25, 0.3) is 0 Å². The third-order valence-corrected chi connectivity index (χ3v) is 2.33. The van der Waals surface area contributed by atoms with Gasteiger partial charge in [-0.1, -0.05) is 12.1 Å². The second kappa shape index (κ2) is 4.77. The van der Waals surface area contributed by atoms with Crippen molar-refractivity contribution in [2.45, 2.75) is 33.1 Å². The van der Waals surface area contributed by atoms with E-state index < -0.39 is 12.3 Å². The molecular weight excluding hydrogens is 231 g/mol. The molecule has 0 atom stereocenters. The number of benzene rings is 1. The van der Waals surface area contributed by atoms with Crippen LogP contribution in [0.4, 0.5) is 18.9 Å². The lowest BCUT2D eigenvalue weighted by atomic mass is 10.1. The van der Waals surface area contributed by atoms with Crippen molar-refractivity contribution in [2.24, 2.45) is 0 Å². The van der Waals surface area contributed by atoms with E-state index in [-0.39, 0.29) is 17.0 Å². The number of nitrogens with zero attached hydrogens (tertiary/aromatic N) is 1. The van der Waals surface area contributed by atoms with E-state index in [0.717, 1.165) is 0 Å². The summed E-state index contributed by atoms with van der Waals surface area (Å²) in [4.78, 5) is 11.6. The summed E-state index contributed by atoms with van der Waals surface area (Å²) < 4.78 is 38.7. The summed E-state index contributed by atoms with van der Waals surface area (Å²) in [6.45, 7) is 4.13. The minimum absolute atomic E-state index is 0.0820. The SMILES string of the molecule is CC(=O)c1ccccc1N(C(C)C)C(F)(F)F. The molecule has 0 radical (unpaired) electrons. The number of carbonyl (C=O) groups is 1. The molecular formula is C12H14F3NO. The topological polar surface area (TPSA) is 20.3 Å². The number of para-hydroxylation sites is 1. The number of carbonyl (C=O) groups excluding carboxylic acids is 1. The summed E-state index contributed by atoms with van der Waals surface area (Å²) in [5.74, 6) is -0.379. The van der Waals surface area contributed by atoms with Crippen molar-refractivity contribution in [3.05, 3.63) is 29.8 Å². The summed E-state index contributed by atoms with van der Waals surface area (Å²) in [5, 5.41) is 0. The van der Waals surface area contributed by atoms with E-state index in [1.807, 2.05) is 0 Å². The zero-order chi connectivity index (χ0) is 13.2. The van der Waals surface area contributed by atoms with Crippen LogP contribution >= 0.6 is 0 Å². The molecule has 0 unspecified atom stereocenters. The number of ketones is 1. The fourth-order valence-electron chi connectivity index (χ4n) is 1.69. The Hall–Kier alpha value is -1.52. The van der Waals surface area contributed by atoms with Crippen molar-refractivity contribution in [3.8, 4) is 0 Å². The first-order valence-corrected chi connectivity index (χ1v) is 5.21. The molecule has 0 spiro atoms. The highest BCUT2D eigenvalue weighted by Gasteiger charge is 2.40. The molecule has 1 aromatic carbocycles. The molecule has 0 saturated carbocycles. The Labute approximate surface area is 98.0 Å². The van der Waals surface area contributed by atoms with Gasteiger partial charge in [0.05, 0.1) is 5.69 Å². The van der Waals surface area contributed by atoms with Gasteiger partial charge in [0.2, 0.25) is 0 Å². The molecule has 5 heteroatoms. The number of rotatable bonds is 3. The Morgan fingerprint density at radius 3 is 2.18 bits per heavy atom. The quantitative estimate of drug-likeness (QED) is 0.598. The third kappa shape index (κ3) is 2.99. The second-order valence-electron chi connectivity index (χ2n) is 4.00. The van der Waals surface area contributed by atoms with Crippen LogP contribution in [0.2, 0.25) is 0 Å². The first kappa shape index (κ1) is 13.5. The van der Waals surface area contributed by atoms with Crippen LogP contribution < -0.4 is 4.90 Å². The summed E-state index contributed by atoms with van der Waals surface area (Å²) >= 11 is 0. The van der Waals surface area contributed by atoms with E-state index in [1.54, 1.807) is 6.07 Å². The van der Waals surface area contributed by atoms with Gasteiger partial charge in [0.15, 0.2) is 5.78 Å². The predicted octanol–water partition coefficient (Wildman–Crippen LogP) is 3.62. The van der Waals surface area contributed by atoms with Crippen LogP contribution in [0, 0.1) is 0 Å². The van der Waals surface area contributed by atoms with Crippen LogP contribution in [-0.2, 0) is 0 Å². The monoisotopic (exact) mass is 245 g/mol. The van der Waals surface area contributed by atoms with Crippen LogP contribution in [0.1, 0.15) is 31.1 Å². The molecule has 0 fully saturated rings. The van der Waals surface area contributed by atoms with Crippen LogP contribution in [0.3, 0.4) is 0 Å². The van der Waals surface area contributed by atoms with Gasteiger partial charge in [0, 0.05) is 11.6 Å². The highest BCUT2D eigenvalue weighted by atomic mass is 19.4. The van der Waals surface area contributed by atoms with Crippen LogP contribution in [-0.4, -0.2) is 18.1 Å². The van der Waals surface area contributed by atoms with Gasteiger partial charge in [-0.05, 0) is 32.9 Å². The molecule has 0 amide bonds. The summed E-state index contributed by atoms with van der Waals surface area (Å²) in [5.41, 5.74) is -0.0129. The average Bonchev–Trinajstić information content (AvgIpc) is 2.15. The van der Waals surface area contributed by atoms with E-state index >= 15 is 0 Å². The molecule has 0 saturated heterocycles. The number of hydrogen-bond donors (Lipinski definition) is 0. The van der Waals surface area contributed by atoms with Gasteiger partial charge in [-0.25, -0.2) is 0 Å². The number of alkyl halides is 3. The molecule has 1 rings (SSSR count). The van der Waals surface area contributed by atoms with Crippen LogP contribution in [0.15, 0.2) is 24.3 Å². The zero-order valence-corrected chi connectivity index (χ0v) is 9.88. The van der Waals surface area contributed by atoms with E-state index in [0.29, 0.717) is 4.90 Å². The van der Waals surface area contributed by atoms with Crippen LogP contribution in [0.5, 0.6) is 0 Å². The largest absolute Gasteiger partial charge is 0.485 e. The smallest absolute Gasteiger partial charge is 0.294 e. The Morgan fingerprint density at radius 2 is 1.76 bits per heavy atom. The van der Waals surface area contributed by atoms with Gasteiger partial charge < -0.3 is 0 Å². The highest BCUT2D eigenvalue weighted by Crippen LogP contribution is 2.33. The van der Waals surface area contributed by atoms with E-state index in [4.69, 9.17) is 0 Å². The first-order valence-electron chi connectivity index (χ1n) is 5.21. The minimum atomic E-state index is -4.50. The fourth-order valence-corrected chi connectivity index (χ4v) is 1.69. The molecule has 0 bridgehead atoms. The molecule has 1 aromatic rings. The lowest BCUT2D eigenvalue weighted by Crippen LogP contribution is -2.43. The highest BCUT2D eigenvalue weighted by molar-refractivity contribution is 5.99. The Kier molecular flexibility index (Phi) is 3.80. The van der Waals surface area contributed by atoms with Crippen molar-refractivity contribution in [1.82, 2.24) is 0 Å². The molecule has 0 aromatic heterocycles. The maximum atomic E-state index is 12.9. The van der Waals surface area contributed by atoms with Gasteiger partial charge in [0.25, 0.3) is 0 Å². The molecule has 0 aliphatic carbocycles. The number of Topliss-reactive ketones (excluding diaryl/α,β-unsaturated/α-hetero) is 1. The van der Waals surface area contributed by atoms with Gasteiger partial charge >= 0.3 is 6.30 Å². The van der Waals surface area contributed by atoms with Crippen molar-refractivity contribution < 1.29 is 18.0 Å². The van der Waals surface area contributed by atoms with E-state index in [1.165, 1.54) is 39.0 Å². The number of hydrogen-bond acceptors (Lipinski definition) is 2. The maximum absolute atomic E-state index is 12.9. The lowest BCUT2D eigenvalue weighted by Gasteiger charge is -2.31. The molecule has 0 aliphatic rings. The summed E-state index contributed by atoms with van der Waals surface area (Å²) in [7, 11) is 0. The summed E-state index contributed by atoms with van der Waals surface area (Å²) in [6, 6.07) is 4.98. The molecule has 0 heterocycles. The zero-order valence-electron chi connectivity index (χ0n) is 9.88. The van der Waals surface area contributed by atoms with Crippen molar-refractivity contribution in [1.29, 1.82) is 0 Å². The van der Waals surface area contributed by atoms with E-state index in [9.17, 15) is 18.0 Å². The Bertz CT molecular complexity index is 412. The predicted molar refractivity (Wildman–Crippen MR) is 60.1 cm³/mol. The van der Waals surface area contributed by atoms with Gasteiger partial charge in [0.1, 0.15) is 0 Å². The number of anilines is 1. The third-order valence-electron chi connectivity index (χ3n) is 2.33. The fraction of sp³-hybridized carbons (Fsp3) is 0.417. The standard InChI is InChI=1S/C12H14F3NO/c1-8(2)16(12(13,14)15)11-7-5-4-6-10(11)9(3)17/h4-8H,1-3H3. The van der Waals surface area contributed by atoms with Gasteiger partial charge in [-0.3, -0.25) is 9.69 Å². The normalized spacial score (nSPS) is 11.7. The molecule has 2 nitrogen and oxygen atoms in total. The maximum Gasteiger partial charge on any atom is 0.485 e. The van der Waals surface area contributed by atoms with Crippen molar-refractivity contribution >= 4 is 11.5 Å². The Balaban J connectivity index is 3.34. The molecule has 94 valence electrons. The van der Waals surface area contributed by atoms with Crippen molar-refractivity contribution in [3.63, 3.8) is 0 Å². The molecule has 17 heavy (non-hydrogen) atoms. The van der Waals surface area contributed by atoms with E-state index in [2.05, 4.69) is 0 Å². The first-order chi connectivity index (χ1) is 7.75. The Morgan fingerprint density at radius 1 is 1.24 bits per heavy atom. The average molecular weight is 245 g/mol. The van der Waals surface area contributed by atoms with Gasteiger partial charge in [-0.15, -0.1) is 0 Å². The van der Waals surface area contributed by atoms with Crippen molar-refractivity contribution in [2.75, 3.05) is 4.90 Å². The molecule has 0 aliphatic heterocycles. The lowest BCUT2D eigenvalue weighted by molar-refractivity contribution is -0.133. The second-order valence-corrected chi connectivity index (χ2v) is 4.00. The molecule has 0 N–H and O–H groups in total. The minimum Gasteiger partial charge on any atom is -0.294 e. The van der Waals surface area contributed by atoms with Gasteiger partial charge in [-0.2, -0.15) is 13.2 Å². The summed E-state index contributed by atoms with van der Waals surface area (Å²) in [6.07, 6.45) is -4.50. The number of halogens is 3.